The lowest BCUT2D eigenvalue weighted by atomic mass is 9.92. The zero-order valence-corrected chi connectivity index (χ0v) is 28.4. The van der Waals surface area contributed by atoms with Gasteiger partial charge in [-0.25, -0.2) is 9.37 Å². The van der Waals surface area contributed by atoms with Crippen LogP contribution in [0.2, 0.25) is 0 Å². The van der Waals surface area contributed by atoms with E-state index in [4.69, 9.17) is 24.7 Å². The van der Waals surface area contributed by atoms with Gasteiger partial charge >= 0.3 is 5.97 Å². The third kappa shape index (κ3) is 8.48. The van der Waals surface area contributed by atoms with Gasteiger partial charge in [-0.2, -0.15) is 9.61 Å². The summed E-state index contributed by atoms with van der Waals surface area (Å²) < 4.78 is 29.8. The Bertz CT molecular complexity index is 1730. The molecule has 2 aromatic carbocycles. The first-order valence-electron chi connectivity index (χ1n) is 16.5. The summed E-state index contributed by atoms with van der Waals surface area (Å²) in [6.07, 6.45) is 4.22. The monoisotopic (exact) mass is 646 g/mol. The summed E-state index contributed by atoms with van der Waals surface area (Å²) in [6, 6.07) is 13.0. The SMILES string of the molecule is CC(C)(C)O.Cc1cc(F)c2c(c1)OCCCCCOC1(C)CCN(CC1)c1c(CC(=O)O)c(C)nc3cc(nn13)-c1cccc-2c1. The molecule has 3 aliphatic rings. The van der Waals surface area contributed by atoms with Crippen molar-refractivity contribution in [3.05, 3.63) is 65.1 Å². The molecule has 0 atom stereocenters. The molecule has 1 fully saturated rings. The number of hydrogen-bond acceptors (Lipinski definition) is 7. The fourth-order valence-corrected chi connectivity index (χ4v) is 6.12. The number of aliphatic carboxylic acids is 1. The highest BCUT2D eigenvalue weighted by molar-refractivity contribution is 5.78. The van der Waals surface area contributed by atoms with E-state index >= 15 is 4.39 Å². The van der Waals surface area contributed by atoms with Crippen molar-refractivity contribution in [3.8, 4) is 28.1 Å². The zero-order chi connectivity index (χ0) is 33.9. The minimum Gasteiger partial charge on any atom is -0.493 e. The highest BCUT2D eigenvalue weighted by Crippen LogP contribution is 2.37. The molecule has 0 unspecified atom stereocenters. The third-order valence-corrected chi connectivity index (χ3v) is 8.47. The number of carboxylic acids is 1. The van der Waals surface area contributed by atoms with Gasteiger partial charge < -0.3 is 24.6 Å². The van der Waals surface area contributed by atoms with E-state index in [-0.39, 0.29) is 17.8 Å². The molecular formula is C37H47FN4O5. The predicted octanol–water partition coefficient (Wildman–Crippen LogP) is 7.16. The Morgan fingerprint density at radius 2 is 1.70 bits per heavy atom. The Kier molecular flexibility index (Phi) is 10.2. The number of anilines is 1. The highest BCUT2D eigenvalue weighted by Gasteiger charge is 2.33. The molecule has 2 N–H and O–H groups in total. The van der Waals surface area contributed by atoms with Crippen molar-refractivity contribution in [2.75, 3.05) is 31.2 Å². The van der Waals surface area contributed by atoms with Crippen molar-refractivity contribution in [2.24, 2.45) is 0 Å². The molecule has 0 saturated carbocycles. The van der Waals surface area contributed by atoms with Crippen LogP contribution in [0.5, 0.6) is 5.75 Å². The van der Waals surface area contributed by atoms with E-state index in [1.54, 1.807) is 25.3 Å². The van der Waals surface area contributed by atoms with Gasteiger partial charge in [0.15, 0.2) is 5.65 Å². The third-order valence-electron chi connectivity index (χ3n) is 8.47. The Morgan fingerprint density at radius 1 is 1.02 bits per heavy atom. The number of piperidine rings is 1. The summed E-state index contributed by atoms with van der Waals surface area (Å²) in [6.45, 7) is 13.7. The molecule has 252 valence electrons. The number of hydrogen-bond donors (Lipinski definition) is 2. The lowest BCUT2D eigenvalue weighted by Crippen LogP contribution is -2.45. The van der Waals surface area contributed by atoms with Crippen molar-refractivity contribution in [1.82, 2.24) is 14.6 Å². The Hall–Kier alpha value is -4.02. The van der Waals surface area contributed by atoms with E-state index < -0.39 is 11.6 Å². The summed E-state index contributed by atoms with van der Waals surface area (Å²) in [5, 5.41) is 23.2. The molecule has 10 heteroatoms. The summed E-state index contributed by atoms with van der Waals surface area (Å²) in [7, 11) is 0. The van der Waals surface area contributed by atoms with E-state index in [0.29, 0.717) is 52.7 Å². The van der Waals surface area contributed by atoms with Crippen LogP contribution in [0.15, 0.2) is 42.5 Å². The number of ether oxygens (including phenoxy) is 2. The number of rotatable bonds is 2. The zero-order valence-electron chi connectivity index (χ0n) is 28.4. The molecule has 47 heavy (non-hydrogen) atoms. The number of nitrogens with zero attached hydrogens (tertiary/aromatic N) is 4. The van der Waals surface area contributed by atoms with E-state index in [1.165, 1.54) is 6.07 Å². The van der Waals surface area contributed by atoms with Crippen LogP contribution in [0.3, 0.4) is 0 Å². The van der Waals surface area contributed by atoms with Crippen LogP contribution < -0.4 is 9.64 Å². The van der Waals surface area contributed by atoms with Gasteiger partial charge in [0.2, 0.25) is 0 Å². The van der Waals surface area contributed by atoms with Crippen LogP contribution in [-0.4, -0.2) is 68.3 Å². The van der Waals surface area contributed by atoms with Gasteiger partial charge in [-0.05, 0) is 103 Å². The van der Waals surface area contributed by atoms with Gasteiger partial charge in [0.05, 0.1) is 35.5 Å². The van der Waals surface area contributed by atoms with Gasteiger partial charge in [-0.1, -0.05) is 18.2 Å². The van der Waals surface area contributed by atoms with E-state index in [2.05, 4.69) is 11.8 Å². The number of benzene rings is 2. The molecule has 0 spiro atoms. The first-order chi connectivity index (χ1) is 22.2. The number of halogens is 1. The van der Waals surface area contributed by atoms with Crippen molar-refractivity contribution in [3.63, 3.8) is 0 Å². The van der Waals surface area contributed by atoms with Crippen LogP contribution in [0.25, 0.3) is 28.0 Å². The molecule has 0 radical (unpaired) electrons. The van der Waals surface area contributed by atoms with Crippen LogP contribution in [0, 0.1) is 19.7 Å². The lowest BCUT2D eigenvalue weighted by Gasteiger charge is -2.41. The molecular weight excluding hydrogens is 599 g/mol. The molecule has 1 saturated heterocycles. The maximum Gasteiger partial charge on any atom is 0.308 e. The lowest BCUT2D eigenvalue weighted by molar-refractivity contribution is -0.136. The van der Waals surface area contributed by atoms with E-state index in [0.717, 1.165) is 62.1 Å². The number of carboxylic acid groups (broad SMARTS) is 1. The molecule has 6 bridgehead atoms. The molecule has 0 aliphatic carbocycles. The highest BCUT2D eigenvalue weighted by atomic mass is 19.1. The average Bonchev–Trinajstić information content (AvgIpc) is 3.39. The summed E-state index contributed by atoms with van der Waals surface area (Å²) in [4.78, 5) is 18.9. The van der Waals surface area contributed by atoms with Gasteiger partial charge in [0.1, 0.15) is 17.4 Å². The average molecular weight is 647 g/mol. The van der Waals surface area contributed by atoms with Crippen molar-refractivity contribution in [1.29, 1.82) is 0 Å². The van der Waals surface area contributed by atoms with Crippen LogP contribution in [0.1, 0.15) is 76.6 Å². The van der Waals surface area contributed by atoms with Gasteiger partial charge in [-0.15, -0.1) is 0 Å². The Labute approximate surface area is 276 Å². The molecule has 5 heterocycles. The Morgan fingerprint density at radius 3 is 2.40 bits per heavy atom. The van der Waals surface area contributed by atoms with Crippen molar-refractivity contribution in [2.45, 2.75) is 91.3 Å². The topological polar surface area (TPSA) is 109 Å². The number of fused-ring (bicyclic) bond motifs is 8. The van der Waals surface area contributed by atoms with Crippen molar-refractivity contribution >= 4 is 17.4 Å². The molecule has 4 aromatic rings. The van der Waals surface area contributed by atoms with Crippen LogP contribution in [0.4, 0.5) is 10.2 Å². The number of carbonyl (C=O) groups is 1. The second-order valence-corrected chi connectivity index (χ2v) is 13.9. The fourth-order valence-electron chi connectivity index (χ4n) is 6.12. The minimum atomic E-state index is -0.912. The Balaban J connectivity index is 0.000000807. The second-order valence-electron chi connectivity index (χ2n) is 13.9. The number of aliphatic hydroxyl groups is 1. The summed E-state index contributed by atoms with van der Waals surface area (Å²) >= 11 is 0. The molecule has 0 amide bonds. The maximum atomic E-state index is 15.5. The van der Waals surface area contributed by atoms with Gasteiger partial charge in [0.25, 0.3) is 0 Å². The quantitative estimate of drug-likeness (QED) is 0.236. The summed E-state index contributed by atoms with van der Waals surface area (Å²) in [5.74, 6) is 0.0489. The smallest absolute Gasteiger partial charge is 0.308 e. The van der Waals surface area contributed by atoms with Crippen LogP contribution >= 0.6 is 0 Å². The van der Waals surface area contributed by atoms with Gasteiger partial charge in [-0.3, -0.25) is 4.79 Å². The first kappa shape index (κ1) is 34.3. The van der Waals surface area contributed by atoms with Crippen molar-refractivity contribution < 1.29 is 28.9 Å². The molecule has 2 aromatic heterocycles. The molecule has 9 nitrogen and oxygen atoms in total. The van der Waals surface area contributed by atoms with E-state index in [1.807, 2.05) is 50.2 Å². The summed E-state index contributed by atoms with van der Waals surface area (Å²) in [5.41, 5.74) is 4.64. The minimum absolute atomic E-state index is 0.144. The normalized spacial score (nSPS) is 16.6. The standard InChI is InChI=1S/C33H37FN4O4.C4H10O/c1-21-16-26(34)31-24-9-7-8-23(18-24)27-20-29-35-22(2)25(19-30(39)40)32(38(29)36-27)37-12-10-33(3,11-13-37)42-15-6-4-5-14-41-28(31)17-21;1-4(2,3)5/h7-9,16-18,20H,4-6,10-15,19H2,1-3H3,(H,39,40);5H,1-3H3. The molecule has 3 aliphatic heterocycles. The maximum absolute atomic E-state index is 15.5. The fraction of sp³-hybridized carbons (Fsp3) is 0.486. The van der Waals surface area contributed by atoms with E-state index in [9.17, 15) is 9.90 Å². The largest absolute Gasteiger partial charge is 0.493 e. The van der Waals surface area contributed by atoms with Crippen LogP contribution in [-0.2, 0) is 16.0 Å². The number of aryl methyl sites for hydroxylation is 2. The second kappa shape index (κ2) is 14.0. The predicted molar refractivity (Wildman–Crippen MR) is 182 cm³/mol. The first-order valence-corrected chi connectivity index (χ1v) is 16.5. The van der Waals surface area contributed by atoms with Gasteiger partial charge in [0, 0.05) is 42.6 Å². The molecule has 7 rings (SSSR count). The number of aromatic nitrogens is 3.